The van der Waals surface area contributed by atoms with Gasteiger partial charge in [-0.25, -0.2) is 8.42 Å². The third-order valence-electron chi connectivity index (χ3n) is 6.25. The molecule has 10 heteroatoms. The number of hydrogen-bond donors (Lipinski definition) is 1. The van der Waals surface area contributed by atoms with Crippen molar-refractivity contribution in [3.8, 4) is 0 Å². The van der Waals surface area contributed by atoms with Crippen molar-refractivity contribution >= 4 is 33.2 Å². The molecule has 32 heavy (non-hydrogen) atoms. The Hall–Kier alpha value is -2.26. The second kappa shape index (κ2) is 8.59. The Morgan fingerprint density at radius 2 is 1.81 bits per heavy atom. The second-order valence-corrected chi connectivity index (χ2v) is 10.6. The standard InChI is InChI=1S/C22H22ClF3N2O3S/c23-19-9-8-16(12-18(19)22(24,25)26)28(32(30,31)17-4-2-1-3-5-17)13-21(29)27-20-11-14-6-7-15(20)10-14/h1-5,8-9,12,14-15,20H,6-7,10-11,13H2,(H,27,29)/t14-,15+,20-/m1/s1. The topological polar surface area (TPSA) is 66.5 Å². The maximum absolute atomic E-state index is 13.4. The van der Waals surface area contributed by atoms with Crippen molar-refractivity contribution in [1.29, 1.82) is 0 Å². The average Bonchev–Trinajstić information content (AvgIpc) is 3.35. The number of amides is 1. The van der Waals surface area contributed by atoms with E-state index in [9.17, 15) is 26.4 Å². The zero-order valence-corrected chi connectivity index (χ0v) is 18.6. The molecule has 0 spiro atoms. The minimum Gasteiger partial charge on any atom is -0.352 e. The summed E-state index contributed by atoms with van der Waals surface area (Å²) in [5.41, 5.74) is -1.45. The molecule has 4 rings (SSSR count). The van der Waals surface area contributed by atoms with Crippen LogP contribution in [0.4, 0.5) is 18.9 Å². The molecule has 2 bridgehead atoms. The quantitative estimate of drug-likeness (QED) is 0.634. The summed E-state index contributed by atoms with van der Waals surface area (Å²) in [4.78, 5) is 12.7. The van der Waals surface area contributed by atoms with Crippen molar-refractivity contribution in [2.45, 2.75) is 42.8 Å². The molecule has 0 heterocycles. The van der Waals surface area contributed by atoms with E-state index in [1.54, 1.807) is 6.07 Å². The third kappa shape index (κ3) is 4.59. The summed E-state index contributed by atoms with van der Waals surface area (Å²) in [5, 5.41) is 2.35. The minimum absolute atomic E-state index is 0.0292. The largest absolute Gasteiger partial charge is 0.417 e. The Morgan fingerprint density at radius 1 is 1.09 bits per heavy atom. The van der Waals surface area contributed by atoms with Gasteiger partial charge in [-0.1, -0.05) is 36.2 Å². The fourth-order valence-electron chi connectivity index (χ4n) is 4.72. The van der Waals surface area contributed by atoms with E-state index in [0.29, 0.717) is 22.2 Å². The molecular formula is C22H22ClF3N2O3S. The van der Waals surface area contributed by atoms with E-state index in [2.05, 4.69) is 5.32 Å². The van der Waals surface area contributed by atoms with Gasteiger partial charge < -0.3 is 5.32 Å². The van der Waals surface area contributed by atoms with Crippen molar-refractivity contribution in [3.05, 3.63) is 59.1 Å². The number of fused-ring (bicyclic) bond motifs is 2. The highest BCUT2D eigenvalue weighted by Gasteiger charge is 2.41. The van der Waals surface area contributed by atoms with Crippen molar-refractivity contribution < 1.29 is 26.4 Å². The zero-order valence-electron chi connectivity index (χ0n) is 17.0. The van der Waals surface area contributed by atoms with Crippen LogP contribution in [0.25, 0.3) is 0 Å². The van der Waals surface area contributed by atoms with Gasteiger partial charge in [-0.2, -0.15) is 13.2 Å². The van der Waals surface area contributed by atoms with E-state index in [1.165, 1.54) is 30.3 Å². The number of rotatable bonds is 6. The van der Waals surface area contributed by atoms with Gasteiger partial charge in [0.1, 0.15) is 6.54 Å². The summed E-state index contributed by atoms with van der Waals surface area (Å²) in [6.07, 6.45) is -0.727. The van der Waals surface area contributed by atoms with Gasteiger partial charge in [0.15, 0.2) is 0 Å². The van der Waals surface area contributed by atoms with Gasteiger partial charge in [-0.3, -0.25) is 9.10 Å². The lowest BCUT2D eigenvalue weighted by atomic mass is 9.95. The Morgan fingerprint density at radius 3 is 2.41 bits per heavy atom. The van der Waals surface area contributed by atoms with Crippen LogP contribution in [0.5, 0.6) is 0 Å². The molecule has 2 aromatic rings. The van der Waals surface area contributed by atoms with Gasteiger partial charge in [0.2, 0.25) is 5.91 Å². The van der Waals surface area contributed by atoms with Gasteiger partial charge in [0, 0.05) is 6.04 Å². The molecule has 0 saturated heterocycles. The lowest BCUT2D eigenvalue weighted by Crippen LogP contribution is -2.46. The molecule has 2 aliphatic carbocycles. The maximum atomic E-state index is 13.4. The van der Waals surface area contributed by atoms with Crippen LogP contribution >= 0.6 is 11.6 Å². The number of sulfonamides is 1. The van der Waals surface area contributed by atoms with Crippen molar-refractivity contribution in [2.75, 3.05) is 10.8 Å². The lowest BCUT2D eigenvalue weighted by Gasteiger charge is -2.27. The first kappa shape index (κ1) is 22.9. The van der Waals surface area contributed by atoms with Crippen LogP contribution in [0.15, 0.2) is 53.4 Å². The van der Waals surface area contributed by atoms with Crippen LogP contribution < -0.4 is 9.62 Å². The molecule has 2 saturated carbocycles. The molecule has 2 aliphatic rings. The summed E-state index contributed by atoms with van der Waals surface area (Å²) in [7, 11) is -4.31. The van der Waals surface area contributed by atoms with Gasteiger partial charge in [0.25, 0.3) is 10.0 Å². The van der Waals surface area contributed by atoms with E-state index >= 15 is 0 Å². The van der Waals surface area contributed by atoms with Gasteiger partial charge in [0.05, 0.1) is 21.2 Å². The SMILES string of the molecule is O=C(CN(c1ccc(Cl)c(C(F)(F)F)c1)S(=O)(=O)c1ccccc1)N[C@@H]1C[C@@H]2CC[C@H]1C2. The number of hydrogen-bond acceptors (Lipinski definition) is 3. The molecular weight excluding hydrogens is 465 g/mol. The third-order valence-corrected chi connectivity index (χ3v) is 8.36. The first-order valence-electron chi connectivity index (χ1n) is 10.3. The summed E-state index contributed by atoms with van der Waals surface area (Å²) in [6.45, 7) is -0.635. The van der Waals surface area contributed by atoms with Gasteiger partial charge >= 0.3 is 6.18 Å². The number of nitrogens with one attached hydrogen (secondary N) is 1. The molecule has 0 unspecified atom stereocenters. The maximum Gasteiger partial charge on any atom is 0.417 e. The molecule has 0 radical (unpaired) electrons. The summed E-state index contributed by atoms with van der Waals surface area (Å²) in [6, 6.07) is 10.1. The Balaban J connectivity index is 1.67. The van der Waals surface area contributed by atoms with Crippen LogP contribution in [0.2, 0.25) is 5.02 Å². The van der Waals surface area contributed by atoms with Crippen molar-refractivity contribution in [2.24, 2.45) is 11.8 Å². The normalized spacial score (nSPS) is 22.7. The highest BCUT2D eigenvalue weighted by atomic mass is 35.5. The minimum atomic E-state index is -4.78. The van der Waals surface area contributed by atoms with E-state index in [0.717, 1.165) is 31.7 Å². The van der Waals surface area contributed by atoms with Crippen LogP contribution in [-0.2, 0) is 21.0 Å². The number of nitrogens with zero attached hydrogens (tertiary/aromatic N) is 1. The molecule has 1 N–H and O–H groups in total. The fourth-order valence-corrected chi connectivity index (χ4v) is 6.38. The highest BCUT2D eigenvalue weighted by Crippen LogP contribution is 2.44. The van der Waals surface area contributed by atoms with Crippen molar-refractivity contribution in [3.63, 3.8) is 0 Å². The van der Waals surface area contributed by atoms with E-state index in [-0.39, 0.29) is 16.6 Å². The molecule has 3 atom stereocenters. The van der Waals surface area contributed by atoms with E-state index < -0.39 is 39.2 Å². The average molecular weight is 487 g/mol. The fraction of sp³-hybridized carbons (Fsp3) is 0.409. The molecule has 1 amide bonds. The van der Waals surface area contributed by atoms with Crippen LogP contribution in [-0.4, -0.2) is 26.9 Å². The monoisotopic (exact) mass is 486 g/mol. The summed E-state index contributed by atoms with van der Waals surface area (Å²) in [5.74, 6) is 0.390. The lowest BCUT2D eigenvalue weighted by molar-refractivity contribution is -0.137. The van der Waals surface area contributed by atoms with Gasteiger partial charge in [-0.15, -0.1) is 0 Å². The van der Waals surface area contributed by atoms with Gasteiger partial charge in [-0.05, 0) is 61.4 Å². The Labute approximate surface area is 189 Å². The predicted molar refractivity (Wildman–Crippen MR) is 115 cm³/mol. The number of carbonyl (C=O) groups excluding carboxylic acids is 1. The Bertz CT molecular complexity index is 1110. The number of benzene rings is 2. The molecule has 0 aromatic heterocycles. The molecule has 2 aromatic carbocycles. The highest BCUT2D eigenvalue weighted by molar-refractivity contribution is 7.92. The number of alkyl halides is 3. The Kier molecular flexibility index (Phi) is 6.15. The van der Waals surface area contributed by atoms with E-state index in [1.807, 2.05) is 0 Å². The van der Waals surface area contributed by atoms with Crippen LogP contribution in [0.3, 0.4) is 0 Å². The van der Waals surface area contributed by atoms with Crippen LogP contribution in [0, 0.1) is 11.8 Å². The number of halogens is 4. The smallest absolute Gasteiger partial charge is 0.352 e. The van der Waals surface area contributed by atoms with E-state index in [4.69, 9.17) is 11.6 Å². The summed E-state index contributed by atoms with van der Waals surface area (Å²) < 4.78 is 67.5. The van der Waals surface area contributed by atoms with Crippen molar-refractivity contribution in [1.82, 2.24) is 5.32 Å². The molecule has 2 fully saturated rings. The molecule has 5 nitrogen and oxygen atoms in total. The van der Waals surface area contributed by atoms with Crippen LogP contribution in [0.1, 0.15) is 31.2 Å². The predicted octanol–water partition coefficient (Wildman–Crippen LogP) is 4.86. The number of carbonyl (C=O) groups is 1. The molecule has 172 valence electrons. The second-order valence-electron chi connectivity index (χ2n) is 8.34. The first-order chi connectivity index (χ1) is 15.1. The molecule has 0 aliphatic heterocycles. The summed E-state index contributed by atoms with van der Waals surface area (Å²) >= 11 is 5.70. The zero-order chi connectivity index (χ0) is 23.1. The first-order valence-corrected chi connectivity index (χ1v) is 12.1. The number of anilines is 1.